The van der Waals surface area contributed by atoms with E-state index < -0.39 is 0 Å². The molecule has 1 N–H and O–H groups in total. The van der Waals surface area contributed by atoms with Gasteiger partial charge in [-0.1, -0.05) is 30.3 Å². The minimum absolute atomic E-state index is 0.0531. The molecule has 8 heteroatoms. The third kappa shape index (κ3) is 3.23. The van der Waals surface area contributed by atoms with Crippen molar-refractivity contribution in [1.29, 1.82) is 0 Å². The maximum absolute atomic E-state index is 13.2. The van der Waals surface area contributed by atoms with E-state index in [9.17, 15) is 4.79 Å². The molecule has 3 aromatic rings. The quantitative estimate of drug-likeness (QED) is 0.739. The first kappa shape index (κ1) is 18.1. The van der Waals surface area contributed by atoms with Crippen molar-refractivity contribution in [3.63, 3.8) is 0 Å². The minimum atomic E-state index is -0.0761. The number of carbonyl (C=O) groups excluding carboxylic acids is 1. The summed E-state index contributed by atoms with van der Waals surface area (Å²) in [4.78, 5) is 15.0. The Labute approximate surface area is 168 Å². The summed E-state index contributed by atoms with van der Waals surface area (Å²) < 4.78 is 7.97. The average molecular weight is 392 g/mol. The molecule has 2 aromatic heterocycles. The Hall–Kier alpha value is -3.00. The molecule has 0 unspecified atom stereocenters. The lowest BCUT2D eigenvalue weighted by atomic mass is 9.99. The van der Waals surface area contributed by atoms with Crippen LogP contribution in [0.5, 0.6) is 0 Å². The molecule has 5 rings (SSSR count). The zero-order valence-electron chi connectivity index (χ0n) is 16.6. The first-order valence-electron chi connectivity index (χ1n) is 10.1. The molecule has 0 spiro atoms. The van der Waals surface area contributed by atoms with Crippen LogP contribution in [0.2, 0.25) is 0 Å². The molecule has 2 aliphatic rings. The van der Waals surface area contributed by atoms with Crippen LogP contribution in [0.4, 0.5) is 0 Å². The predicted octanol–water partition coefficient (Wildman–Crippen LogP) is 2.27. The van der Waals surface area contributed by atoms with E-state index in [2.05, 4.69) is 37.1 Å². The summed E-state index contributed by atoms with van der Waals surface area (Å²) in [5.41, 5.74) is 3.61. The number of nitrogens with one attached hydrogen (secondary N) is 1. The number of nitrogens with zero attached hydrogens (tertiary/aromatic N) is 5. The smallest absolute Gasteiger partial charge is 0.275 e. The van der Waals surface area contributed by atoms with Gasteiger partial charge < -0.3 is 14.2 Å². The molecule has 0 bridgehead atoms. The Morgan fingerprint density at radius 3 is 2.86 bits per heavy atom. The third-order valence-electron chi connectivity index (χ3n) is 5.76. The van der Waals surface area contributed by atoms with Gasteiger partial charge in [-0.05, 0) is 19.4 Å². The highest BCUT2D eigenvalue weighted by molar-refractivity contribution is 5.94. The molecule has 1 aromatic carbocycles. The number of hydrogen-bond acceptors (Lipinski definition) is 5. The second-order valence-electron chi connectivity index (χ2n) is 7.83. The topological polar surface area (TPSA) is 88.9 Å². The summed E-state index contributed by atoms with van der Waals surface area (Å²) in [6, 6.07) is 10.2. The number of fused-ring (bicyclic) bond motifs is 2. The van der Waals surface area contributed by atoms with E-state index in [0.717, 1.165) is 29.3 Å². The first-order chi connectivity index (χ1) is 14.1. The molecule has 0 fully saturated rings. The van der Waals surface area contributed by atoms with Gasteiger partial charge in [-0.3, -0.25) is 9.89 Å². The first-order valence-corrected chi connectivity index (χ1v) is 10.1. The van der Waals surface area contributed by atoms with Crippen molar-refractivity contribution in [3.05, 3.63) is 64.5 Å². The fourth-order valence-corrected chi connectivity index (χ4v) is 4.30. The van der Waals surface area contributed by atoms with Crippen LogP contribution in [-0.2, 0) is 30.7 Å². The monoisotopic (exact) mass is 392 g/mol. The Balaban J connectivity index is 1.35. The summed E-state index contributed by atoms with van der Waals surface area (Å²) in [6.45, 7) is 5.77. The summed E-state index contributed by atoms with van der Waals surface area (Å²) in [7, 11) is 0. The van der Waals surface area contributed by atoms with Crippen LogP contribution < -0.4 is 0 Å². The Kier molecular flexibility index (Phi) is 4.43. The summed E-state index contributed by atoms with van der Waals surface area (Å²) >= 11 is 0. The van der Waals surface area contributed by atoms with E-state index >= 15 is 0 Å². The maximum Gasteiger partial charge on any atom is 0.275 e. The number of aromatic amines is 1. The van der Waals surface area contributed by atoms with Gasteiger partial charge >= 0.3 is 0 Å². The van der Waals surface area contributed by atoms with Gasteiger partial charge in [0, 0.05) is 31.5 Å². The molecule has 29 heavy (non-hydrogen) atoms. The fraction of sp³-hybridized carbons (Fsp3) is 0.429. The standard InChI is InChI=1S/C21H24N6O2/c1-13-10-16-19(14(2)29-13)24-25-20(16)21(28)26-8-9-27-17(22-23-18(27)12-26)11-15-6-4-3-5-7-15/h3-7,13-14H,8-12H2,1-2H3,(H,24,25)/t13-,14+/m1/s1. The number of ether oxygens (including phenoxy) is 1. The van der Waals surface area contributed by atoms with Crippen LogP contribution in [0.25, 0.3) is 0 Å². The fourth-order valence-electron chi connectivity index (χ4n) is 4.30. The molecule has 0 saturated carbocycles. The van der Waals surface area contributed by atoms with E-state index in [1.54, 1.807) is 0 Å². The van der Waals surface area contributed by atoms with E-state index in [0.29, 0.717) is 31.7 Å². The van der Waals surface area contributed by atoms with Crippen molar-refractivity contribution in [1.82, 2.24) is 29.9 Å². The normalized spacial score (nSPS) is 21.0. The van der Waals surface area contributed by atoms with Gasteiger partial charge in [0.15, 0.2) is 11.5 Å². The molecular formula is C21H24N6O2. The Morgan fingerprint density at radius 1 is 1.21 bits per heavy atom. The molecule has 0 aliphatic carbocycles. The third-order valence-corrected chi connectivity index (χ3v) is 5.76. The summed E-state index contributed by atoms with van der Waals surface area (Å²) in [5.74, 6) is 1.71. The van der Waals surface area contributed by atoms with Gasteiger partial charge in [-0.15, -0.1) is 10.2 Å². The van der Waals surface area contributed by atoms with Crippen LogP contribution >= 0.6 is 0 Å². The van der Waals surface area contributed by atoms with Gasteiger partial charge in [0.25, 0.3) is 5.91 Å². The van der Waals surface area contributed by atoms with Crippen LogP contribution in [-0.4, -0.2) is 48.4 Å². The highest BCUT2D eigenvalue weighted by Gasteiger charge is 2.33. The molecule has 8 nitrogen and oxygen atoms in total. The molecule has 1 amide bonds. The van der Waals surface area contributed by atoms with Crippen LogP contribution in [0, 0.1) is 0 Å². The number of benzene rings is 1. The van der Waals surface area contributed by atoms with Crippen LogP contribution in [0.15, 0.2) is 30.3 Å². The number of rotatable bonds is 3. The van der Waals surface area contributed by atoms with Crippen LogP contribution in [0.3, 0.4) is 0 Å². The SMILES string of the molecule is C[C@@H]1Cc2c(C(=O)N3CCn4c(Cc5ccccc5)nnc4C3)n[nH]c2[C@H](C)O1. The zero-order chi connectivity index (χ0) is 20.0. The van der Waals surface area contributed by atoms with Gasteiger partial charge in [-0.25, -0.2) is 0 Å². The molecule has 2 atom stereocenters. The molecule has 0 radical (unpaired) electrons. The van der Waals surface area contributed by atoms with Crippen molar-refractivity contribution in [2.24, 2.45) is 0 Å². The van der Waals surface area contributed by atoms with Crippen molar-refractivity contribution in [2.75, 3.05) is 6.54 Å². The van der Waals surface area contributed by atoms with E-state index in [1.807, 2.05) is 36.9 Å². The number of aromatic nitrogens is 5. The highest BCUT2D eigenvalue weighted by Crippen LogP contribution is 2.31. The van der Waals surface area contributed by atoms with Crippen molar-refractivity contribution in [2.45, 2.75) is 52.0 Å². The van der Waals surface area contributed by atoms with Gasteiger partial charge in [0.05, 0.1) is 24.4 Å². The van der Waals surface area contributed by atoms with Crippen molar-refractivity contribution >= 4 is 5.91 Å². The second kappa shape index (κ2) is 7.11. The maximum atomic E-state index is 13.2. The largest absolute Gasteiger partial charge is 0.369 e. The van der Waals surface area contributed by atoms with Crippen molar-refractivity contribution in [3.8, 4) is 0 Å². The predicted molar refractivity (Wildman–Crippen MR) is 105 cm³/mol. The Bertz CT molecular complexity index is 1040. The minimum Gasteiger partial charge on any atom is -0.369 e. The number of carbonyl (C=O) groups is 1. The van der Waals surface area contributed by atoms with Crippen molar-refractivity contribution < 1.29 is 9.53 Å². The molecule has 4 heterocycles. The zero-order valence-corrected chi connectivity index (χ0v) is 16.6. The molecule has 2 aliphatic heterocycles. The summed E-state index contributed by atoms with van der Waals surface area (Å²) in [5, 5.41) is 16.1. The average Bonchev–Trinajstić information content (AvgIpc) is 3.32. The van der Waals surface area contributed by atoms with E-state index in [1.165, 1.54) is 5.56 Å². The van der Waals surface area contributed by atoms with Gasteiger partial charge in [0.1, 0.15) is 5.82 Å². The second-order valence-corrected chi connectivity index (χ2v) is 7.83. The number of amides is 1. The highest BCUT2D eigenvalue weighted by atomic mass is 16.5. The lowest BCUT2D eigenvalue weighted by Crippen LogP contribution is -2.39. The van der Waals surface area contributed by atoms with E-state index in [-0.39, 0.29) is 18.1 Å². The van der Waals surface area contributed by atoms with Gasteiger partial charge in [-0.2, -0.15) is 5.10 Å². The van der Waals surface area contributed by atoms with Crippen LogP contribution in [0.1, 0.15) is 58.9 Å². The van der Waals surface area contributed by atoms with Gasteiger partial charge in [0.2, 0.25) is 0 Å². The molecule has 150 valence electrons. The molecular weight excluding hydrogens is 368 g/mol. The lowest BCUT2D eigenvalue weighted by molar-refractivity contribution is -0.00703. The molecule has 0 saturated heterocycles. The van der Waals surface area contributed by atoms with E-state index in [4.69, 9.17) is 4.74 Å². The number of H-pyrrole nitrogens is 1. The summed E-state index contributed by atoms with van der Waals surface area (Å²) in [6.07, 6.45) is 1.44. The lowest BCUT2D eigenvalue weighted by Gasteiger charge is -2.29. The number of hydrogen-bond donors (Lipinski definition) is 1. The Morgan fingerprint density at radius 2 is 2.03 bits per heavy atom.